The zero-order valence-electron chi connectivity index (χ0n) is 9.95. The molecule has 86 valence electrons. The van der Waals surface area contributed by atoms with E-state index in [4.69, 9.17) is 0 Å². The van der Waals surface area contributed by atoms with Crippen LogP contribution in [0.25, 0.3) is 0 Å². The first kappa shape index (κ1) is 11.4. The molecule has 0 aliphatic carbocycles. The van der Waals surface area contributed by atoms with Crippen molar-refractivity contribution < 1.29 is 0 Å². The maximum atomic E-state index is 4.03. The first-order valence-corrected chi connectivity index (χ1v) is 5.63. The smallest absolute Gasteiger partial charge is 0.0720 e. The van der Waals surface area contributed by atoms with Crippen LogP contribution in [0.4, 0.5) is 5.69 Å². The minimum Gasteiger partial charge on any atom is -0.364 e. The Balaban J connectivity index is 2.28. The number of hydrogen-bond donors (Lipinski definition) is 0. The Labute approximate surface area is 102 Å². The first-order chi connectivity index (χ1) is 8.33. The number of likely N-dealkylation sites (N-methyl/N-ethyl adjacent to an activating group) is 1. The van der Waals surface area contributed by atoms with Gasteiger partial charge >= 0.3 is 0 Å². The van der Waals surface area contributed by atoms with E-state index in [2.05, 4.69) is 35.6 Å². The molecule has 2 heteroatoms. The van der Waals surface area contributed by atoms with Crippen LogP contribution in [0.3, 0.4) is 0 Å². The van der Waals surface area contributed by atoms with Crippen molar-refractivity contribution in [1.82, 2.24) is 4.98 Å². The van der Waals surface area contributed by atoms with Gasteiger partial charge in [0.15, 0.2) is 0 Å². The summed E-state index contributed by atoms with van der Waals surface area (Å²) < 4.78 is 0. The molecule has 0 radical (unpaired) electrons. The largest absolute Gasteiger partial charge is 0.364 e. The second-order valence-electron chi connectivity index (χ2n) is 3.91. The molecule has 1 unspecified atom stereocenters. The Morgan fingerprint density at radius 1 is 1.12 bits per heavy atom. The molecule has 0 saturated heterocycles. The highest BCUT2D eigenvalue weighted by Gasteiger charge is 2.13. The Bertz CT molecular complexity index is 465. The number of anilines is 1. The molecule has 2 rings (SSSR count). The number of aromatic nitrogens is 1. The van der Waals surface area contributed by atoms with Gasteiger partial charge in [0.25, 0.3) is 0 Å². The third kappa shape index (κ3) is 2.53. The molecule has 1 atom stereocenters. The maximum Gasteiger partial charge on any atom is 0.0720 e. The van der Waals surface area contributed by atoms with Crippen LogP contribution in [-0.4, -0.2) is 12.0 Å². The number of rotatable bonds is 4. The topological polar surface area (TPSA) is 16.1 Å². The lowest BCUT2D eigenvalue weighted by Gasteiger charge is -2.27. The number of nitrogens with zero attached hydrogens (tertiary/aromatic N) is 2. The van der Waals surface area contributed by atoms with Crippen molar-refractivity contribution in [2.45, 2.75) is 6.04 Å². The summed E-state index contributed by atoms with van der Waals surface area (Å²) in [5.74, 6) is 0. The highest BCUT2D eigenvalue weighted by Crippen LogP contribution is 2.25. The van der Waals surface area contributed by atoms with E-state index in [1.165, 1.54) is 5.56 Å². The van der Waals surface area contributed by atoms with Crippen LogP contribution in [0.2, 0.25) is 0 Å². The fraction of sp³-hybridized carbons (Fsp3) is 0.133. The zero-order chi connectivity index (χ0) is 12.1. The predicted octanol–water partition coefficient (Wildman–Crippen LogP) is 3.45. The average molecular weight is 224 g/mol. The lowest BCUT2D eigenvalue weighted by Crippen LogP contribution is -2.22. The van der Waals surface area contributed by atoms with Crippen LogP contribution < -0.4 is 4.90 Å². The highest BCUT2D eigenvalue weighted by molar-refractivity contribution is 5.48. The van der Waals surface area contributed by atoms with E-state index in [1.54, 1.807) is 12.4 Å². The van der Waals surface area contributed by atoms with Crippen molar-refractivity contribution >= 4 is 5.69 Å². The van der Waals surface area contributed by atoms with Crippen LogP contribution >= 0.6 is 0 Å². The minimum absolute atomic E-state index is 0.179. The molecule has 1 heterocycles. The van der Waals surface area contributed by atoms with Gasteiger partial charge in [0.05, 0.1) is 6.04 Å². The van der Waals surface area contributed by atoms with Crippen LogP contribution in [0.1, 0.15) is 11.6 Å². The predicted molar refractivity (Wildman–Crippen MR) is 72.0 cm³/mol. The molecule has 1 aromatic heterocycles. The zero-order valence-corrected chi connectivity index (χ0v) is 9.95. The summed E-state index contributed by atoms with van der Waals surface area (Å²) in [6.07, 6.45) is 5.56. The van der Waals surface area contributed by atoms with Gasteiger partial charge in [0, 0.05) is 25.1 Å². The number of pyridine rings is 1. The number of hydrogen-bond acceptors (Lipinski definition) is 2. The van der Waals surface area contributed by atoms with Crippen LogP contribution in [-0.2, 0) is 0 Å². The lowest BCUT2D eigenvalue weighted by molar-refractivity contribution is 0.811. The maximum absolute atomic E-state index is 4.03. The summed E-state index contributed by atoms with van der Waals surface area (Å²) in [5.41, 5.74) is 2.37. The van der Waals surface area contributed by atoms with Gasteiger partial charge in [-0.1, -0.05) is 36.4 Å². The average Bonchev–Trinajstić information content (AvgIpc) is 2.42. The molecule has 0 N–H and O–H groups in total. The normalized spacial score (nSPS) is 11.8. The Morgan fingerprint density at radius 2 is 1.76 bits per heavy atom. The van der Waals surface area contributed by atoms with E-state index in [1.807, 2.05) is 36.4 Å². The third-order valence-corrected chi connectivity index (χ3v) is 2.85. The van der Waals surface area contributed by atoms with Crippen molar-refractivity contribution in [3.8, 4) is 0 Å². The molecule has 0 saturated carbocycles. The third-order valence-electron chi connectivity index (χ3n) is 2.85. The van der Waals surface area contributed by atoms with Gasteiger partial charge in [-0.2, -0.15) is 0 Å². The second-order valence-corrected chi connectivity index (χ2v) is 3.91. The van der Waals surface area contributed by atoms with E-state index in [9.17, 15) is 0 Å². The van der Waals surface area contributed by atoms with Gasteiger partial charge in [0.1, 0.15) is 0 Å². The van der Waals surface area contributed by atoms with Crippen LogP contribution in [0, 0.1) is 0 Å². The summed E-state index contributed by atoms with van der Waals surface area (Å²) in [5, 5.41) is 0. The van der Waals surface area contributed by atoms with Crippen molar-refractivity contribution in [1.29, 1.82) is 0 Å². The first-order valence-electron chi connectivity index (χ1n) is 5.63. The summed E-state index contributed by atoms with van der Waals surface area (Å²) in [6, 6.07) is 14.5. The van der Waals surface area contributed by atoms with Gasteiger partial charge in [0.2, 0.25) is 0 Å². The molecular formula is C15H16N2. The van der Waals surface area contributed by atoms with Crippen LogP contribution in [0.5, 0.6) is 0 Å². The molecular weight excluding hydrogens is 208 g/mol. The SMILES string of the molecule is C=CC(c1ccccc1)N(C)c1ccncc1. The van der Waals surface area contributed by atoms with Gasteiger partial charge in [-0.3, -0.25) is 4.98 Å². The molecule has 0 aliphatic rings. The molecule has 0 bridgehead atoms. The van der Waals surface area contributed by atoms with E-state index < -0.39 is 0 Å². The summed E-state index contributed by atoms with van der Waals surface area (Å²) in [6.45, 7) is 3.93. The van der Waals surface area contributed by atoms with Crippen LogP contribution in [0.15, 0.2) is 67.5 Å². The Morgan fingerprint density at radius 3 is 2.35 bits per heavy atom. The van der Waals surface area contributed by atoms with Gasteiger partial charge in [-0.05, 0) is 17.7 Å². The highest BCUT2D eigenvalue weighted by atomic mass is 15.1. The molecule has 2 nitrogen and oxygen atoms in total. The summed E-state index contributed by atoms with van der Waals surface area (Å²) >= 11 is 0. The van der Waals surface area contributed by atoms with E-state index in [0.29, 0.717) is 0 Å². The fourth-order valence-corrected chi connectivity index (χ4v) is 1.91. The molecule has 2 aromatic rings. The summed E-state index contributed by atoms with van der Waals surface area (Å²) in [7, 11) is 2.06. The standard InChI is InChI=1S/C15H16N2/c1-3-15(13-7-5-4-6-8-13)17(2)14-9-11-16-12-10-14/h3-12,15H,1H2,2H3. The quantitative estimate of drug-likeness (QED) is 0.739. The van der Waals surface area contributed by atoms with Gasteiger partial charge < -0.3 is 4.90 Å². The molecule has 17 heavy (non-hydrogen) atoms. The monoisotopic (exact) mass is 224 g/mol. The van der Waals surface area contributed by atoms with Crippen molar-refractivity contribution in [3.63, 3.8) is 0 Å². The number of benzene rings is 1. The van der Waals surface area contributed by atoms with E-state index in [-0.39, 0.29) is 6.04 Å². The lowest BCUT2D eigenvalue weighted by atomic mass is 10.1. The van der Waals surface area contributed by atoms with Crippen molar-refractivity contribution in [2.24, 2.45) is 0 Å². The van der Waals surface area contributed by atoms with E-state index >= 15 is 0 Å². The van der Waals surface area contributed by atoms with Crippen molar-refractivity contribution in [3.05, 3.63) is 73.1 Å². The molecule has 0 aliphatic heterocycles. The van der Waals surface area contributed by atoms with E-state index in [0.717, 1.165) is 5.69 Å². The molecule has 0 fully saturated rings. The molecule has 1 aromatic carbocycles. The van der Waals surface area contributed by atoms with Gasteiger partial charge in [-0.25, -0.2) is 0 Å². The fourth-order valence-electron chi connectivity index (χ4n) is 1.91. The van der Waals surface area contributed by atoms with Gasteiger partial charge in [-0.15, -0.1) is 6.58 Å². The Kier molecular flexibility index (Phi) is 3.55. The second kappa shape index (κ2) is 5.30. The minimum atomic E-state index is 0.179. The molecule has 0 spiro atoms. The summed E-state index contributed by atoms with van der Waals surface area (Å²) in [4.78, 5) is 6.22. The Hall–Kier alpha value is -2.09. The van der Waals surface area contributed by atoms with Crippen molar-refractivity contribution in [2.75, 3.05) is 11.9 Å². The molecule has 0 amide bonds.